The molecule has 0 fully saturated rings. The summed E-state index contributed by atoms with van der Waals surface area (Å²) in [6.07, 6.45) is 15.3. The van der Waals surface area contributed by atoms with Crippen LogP contribution in [0.25, 0.3) is 44.2 Å². The molecule has 0 aromatic heterocycles. The highest BCUT2D eigenvalue weighted by Crippen LogP contribution is 2.57. The molecule has 1 heterocycles. The Morgan fingerprint density at radius 1 is 0.623 bits per heavy atom. The van der Waals surface area contributed by atoms with Crippen molar-refractivity contribution in [2.45, 2.75) is 78.5 Å². The van der Waals surface area contributed by atoms with Crippen LogP contribution in [-0.2, 0) is 10.8 Å². The number of allylic oxidation sites excluding steroid dienone is 8. The van der Waals surface area contributed by atoms with Crippen molar-refractivity contribution in [3.8, 4) is 33.4 Å². The van der Waals surface area contributed by atoms with E-state index >= 15 is 0 Å². The Kier molecular flexibility index (Phi) is 10.3. The van der Waals surface area contributed by atoms with Gasteiger partial charge in [0, 0.05) is 27.9 Å². The van der Waals surface area contributed by atoms with E-state index in [1.54, 1.807) is 0 Å². The zero-order valence-corrected chi connectivity index (χ0v) is 41.2. The lowest BCUT2D eigenvalue weighted by molar-refractivity contribution is 0.555. The van der Waals surface area contributed by atoms with Crippen molar-refractivity contribution in [2.24, 2.45) is 5.92 Å². The summed E-state index contributed by atoms with van der Waals surface area (Å²) in [4.78, 5) is 2.69. The highest BCUT2D eigenvalue weighted by molar-refractivity contribution is 6.89. The molecule has 336 valence electrons. The van der Waals surface area contributed by atoms with E-state index < -0.39 is 5.41 Å². The minimum Gasteiger partial charge on any atom is -0.310 e. The first-order chi connectivity index (χ1) is 33.6. The first-order valence-corrected chi connectivity index (χ1v) is 25.3. The number of aryl methyl sites for hydroxylation is 1. The molecule has 0 saturated heterocycles. The Labute approximate surface area is 410 Å². The van der Waals surface area contributed by atoms with Crippen molar-refractivity contribution in [2.75, 3.05) is 4.90 Å². The fourth-order valence-corrected chi connectivity index (χ4v) is 13.4. The van der Waals surface area contributed by atoms with Crippen molar-refractivity contribution in [1.82, 2.24) is 0 Å². The number of hydrogen-bond donors (Lipinski definition) is 0. The normalized spacial score (nSPS) is 17.6. The standard InChI is InChI=1S/C67H60BN/c1-43-37-40-59(54(41-43)47-25-11-8-12-26-47)69-60-42-48-27-17-18-32-52(48)61(64(60)68(7)58-39-38-57-62(65(58)69)53-33-19-20-35-56(53)66(57,5)6)51-34-22-36-55(46(51)4)67(49-28-13-9-14-29-49,50-30-15-10-16-31-50)63-44(2)23-21-24-45(63)3/h8-9,11-15,17-23,25-42,45H,10,16,24H2,1-7H3. The van der Waals surface area contributed by atoms with Crippen molar-refractivity contribution in [3.05, 3.63) is 244 Å². The third-order valence-electron chi connectivity index (χ3n) is 16.5. The predicted octanol–water partition coefficient (Wildman–Crippen LogP) is 16.6. The number of anilines is 3. The van der Waals surface area contributed by atoms with E-state index in [0.29, 0.717) is 5.92 Å². The Morgan fingerprint density at radius 3 is 2.14 bits per heavy atom. The van der Waals surface area contributed by atoms with Gasteiger partial charge in [-0.05, 0) is 142 Å². The molecule has 0 radical (unpaired) electrons. The molecule has 3 aliphatic carbocycles. The van der Waals surface area contributed by atoms with Crippen LogP contribution < -0.4 is 15.8 Å². The summed E-state index contributed by atoms with van der Waals surface area (Å²) in [5.74, 6) is 0.357. The maximum atomic E-state index is 2.69. The highest BCUT2D eigenvalue weighted by Gasteiger charge is 2.47. The molecule has 1 nitrogen and oxygen atoms in total. The van der Waals surface area contributed by atoms with Gasteiger partial charge < -0.3 is 4.90 Å². The summed E-state index contributed by atoms with van der Waals surface area (Å²) in [6, 6.07) is 62.7. The lowest BCUT2D eigenvalue weighted by Crippen LogP contribution is -2.49. The molecule has 8 aromatic carbocycles. The summed E-state index contributed by atoms with van der Waals surface area (Å²) in [5, 5.41) is 2.54. The van der Waals surface area contributed by atoms with E-state index in [2.05, 4.69) is 247 Å². The van der Waals surface area contributed by atoms with E-state index in [1.165, 1.54) is 122 Å². The number of nitrogens with zero attached hydrogens (tertiary/aromatic N) is 1. The van der Waals surface area contributed by atoms with E-state index in [4.69, 9.17) is 0 Å². The lowest BCUT2D eigenvalue weighted by Gasteiger charge is -2.45. The van der Waals surface area contributed by atoms with E-state index in [9.17, 15) is 0 Å². The Bertz CT molecular complexity index is 3510. The molecular formula is C67H60BN. The number of fused-ring (bicyclic) bond motifs is 7. The van der Waals surface area contributed by atoms with E-state index in [0.717, 1.165) is 19.3 Å². The van der Waals surface area contributed by atoms with Crippen molar-refractivity contribution in [3.63, 3.8) is 0 Å². The van der Waals surface area contributed by atoms with Crippen LogP contribution in [0.5, 0.6) is 0 Å². The molecule has 69 heavy (non-hydrogen) atoms. The van der Waals surface area contributed by atoms with Gasteiger partial charge in [0.05, 0.1) is 11.1 Å². The summed E-state index contributed by atoms with van der Waals surface area (Å²) in [5.41, 5.74) is 26.0. The van der Waals surface area contributed by atoms with Crippen LogP contribution in [0.1, 0.15) is 80.3 Å². The molecule has 1 aliphatic heterocycles. The summed E-state index contributed by atoms with van der Waals surface area (Å²) >= 11 is 0. The maximum Gasteiger partial charge on any atom is 0.212 e. The molecule has 2 atom stereocenters. The van der Waals surface area contributed by atoms with Gasteiger partial charge in [0.15, 0.2) is 0 Å². The van der Waals surface area contributed by atoms with Crippen LogP contribution in [-0.4, -0.2) is 6.71 Å². The topological polar surface area (TPSA) is 3.24 Å². The molecule has 0 spiro atoms. The number of rotatable bonds is 7. The van der Waals surface area contributed by atoms with Gasteiger partial charge in [-0.15, -0.1) is 0 Å². The van der Waals surface area contributed by atoms with Gasteiger partial charge in [-0.25, -0.2) is 0 Å². The first-order valence-electron chi connectivity index (χ1n) is 25.3. The van der Waals surface area contributed by atoms with E-state index in [-0.39, 0.29) is 12.1 Å². The minimum absolute atomic E-state index is 0.0806. The van der Waals surface area contributed by atoms with Crippen molar-refractivity contribution >= 4 is 45.5 Å². The van der Waals surface area contributed by atoms with Gasteiger partial charge in [-0.1, -0.05) is 220 Å². The molecule has 2 heteroatoms. The zero-order chi connectivity index (χ0) is 47.2. The summed E-state index contributed by atoms with van der Waals surface area (Å²) < 4.78 is 0. The van der Waals surface area contributed by atoms with Crippen LogP contribution in [0.15, 0.2) is 211 Å². The number of hydrogen-bond acceptors (Lipinski definition) is 1. The number of benzene rings is 8. The zero-order valence-electron chi connectivity index (χ0n) is 41.2. The second-order valence-electron chi connectivity index (χ2n) is 20.8. The second-order valence-corrected chi connectivity index (χ2v) is 20.8. The highest BCUT2D eigenvalue weighted by atomic mass is 15.2. The largest absolute Gasteiger partial charge is 0.310 e. The Balaban J connectivity index is 1.21. The van der Waals surface area contributed by atoms with Crippen LogP contribution >= 0.6 is 0 Å². The molecule has 12 rings (SSSR count). The second kappa shape index (κ2) is 16.5. The lowest BCUT2D eigenvalue weighted by atomic mass is 9.39. The fourth-order valence-electron chi connectivity index (χ4n) is 13.4. The predicted molar refractivity (Wildman–Crippen MR) is 297 cm³/mol. The molecule has 0 amide bonds. The van der Waals surface area contributed by atoms with Gasteiger partial charge in [0.2, 0.25) is 6.71 Å². The molecule has 4 aliphatic rings. The van der Waals surface area contributed by atoms with Gasteiger partial charge >= 0.3 is 0 Å². The van der Waals surface area contributed by atoms with Gasteiger partial charge in [0.1, 0.15) is 0 Å². The third kappa shape index (κ3) is 6.44. The summed E-state index contributed by atoms with van der Waals surface area (Å²) in [7, 11) is 0. The van der Waals surface area contributed by atoms with Crippen LogP contribution in [0.2, 0.25) is 6.82 Å². The average molecular weight is 890 g/mol. The molecule has 0 N–H and O–H groups in total. The van der Waals surface area contributed by atoms with Gasteiger partial charge in [-0.2, -0.15) is 0 Å². The van der Waals surface area contributed by atoms with E-state index in [1.807, 2.05) is 0 Å². The third-order valence-corrected chi connectivity index (χ3v) is 16.5. The van der Waals surface area contributed by atoms with Gasteiger partial charge in [-0.3, -0.25) is 0 Å². The molecule has 0 bridgehead atoms. The average Bonchev–Trinajstić information content (AvgIpc) is 3.61. The van der Waals surface area contributed by atoms with Crippen LogP contribution in [0.4, 0.5) is 17.1 Å². The smallest absolute Gasteiger partial charge is 0.212 e. The SMILES string of the molecule is CB1c2ccc3c(c2N(c2ccc(C)cc2-c2ccccc2)c2cc4ccccc4c(-c4cccc(C(C5=CCCC=C5)(C5=C(C)C=CCC5C)c5ccccc5)c4C)c21)-c1ccccc1C3(C)C. The molecule has 0 saturated carbocycles. The van der Waals surface area contributed by atoms with Crippen molar-refractivity contribution in [1.29, 1.82) is 0 Å². The molecule has 2 unspecified atom stereocenters. The maximum absolute atomic E-state index is 2.69. The van der Waals surface area contributed by atoms with Gasteiger partial charge in [0.25, 0.3) is 0 Å². The minimum atomic E-state index is -0.491. The van der Waals surface area contributed by atoms with Crippen molar-refractivity contribution < 1.29 is 0 Å². The monoisotopic (exact) mass is 889 g/mol. The first kappa shape index (κ1) is 43.1. The Hall–Kier alpha value is -7.16. The van der Waals surface area contributed by atoms with Crippen LogP contribution in [0, 0.1) is 19.8 Å². The molecule has 8 aromatic rings. The van der Waals surface area contributed by atoms with Crippen LogP contribution in [0.3, 0.4) is 0 Å². The Morgan fingerprint density at radius 2 is 1.36 bits per heavy atom. The quantitative estimate of drug-likeness (QED) is 0.144. The molecular weight excluding hydrogens is 830 g/mol. The summed E-state index contributed by atoms with van der Waals surface area (Å²) in [6.45, 7) is 16.8. The fraction of sp³-hybridized carbons (Fsp3) is 0.194.